The summed E-state index contributed by atoms with van der Waals surface area (Å²) in [5, 5.41) is 8.53. The van der Waals surface area contributed by atoms with Crippen molar-refractivity contribution in [2.24, 2.45) is 5.92 Å². The average molecular weight is 430 g/mol. The predicted octanol–water partition coefficient (Wildman–Crippen LogP) is 5.14. The zero-order valence-electron chi connectivity index (χ0n) is 18.8. The van der Waals surface area contributed by atoms with Crippen molar-refractivity contribution in [3.05, 3.63) is 71.1 Å². The van der Waals surface area contributed by atoms with Gasteiger partial charge in [-0.2, -0.15) is 5.10 Å². The molecule has 1 N–H and O–H groups in total. The lowest BCUT2D eigenvalue weighted by atomic mass is 9.81. The summed E-state index contributed by atoms with van der Waals surface area (Å²) in [6, 6.07) is 15.6. The van der Waals surface area contributed by atoms with E-state index in [-0.39, 0.29) is 11.8 Å². The number of carbonyl (C=O) groups excluding carboxylic acids is 1. The Morgan fingerprint density at radius 1 is 1.06 bits per heavy atom. The fraction of sp³-hybridized carbons (Fsp3) is 0.308. The van der Waals surface area contributed by atoms with Gasteiger partial charge in [0.2, 0.25) is 0 Å². The number of fused-ring (bicyclic) bond motifs is 1. The van der Waals surface area contributed by atoms with Crippen molar-refractivity contribution in [2.45, 2.75) is 32.7 Å². The lowest BCUT2D eigenvalue weighted by Gasteiger charge is -2.35. The van der Waals surface area contributed by atoms with Crippen molar-refractivity contribution >= 4 is 11.6 Å². The Bertz CT molecular complexity index is 1230. The number of nitrogens with one attached hydrogen (secondary N) is 1. The minimum absolute atomic E-state index is 0.161. The number of aryl methyl sites for hydroxylation is 1. The van der Waals surface area contributed by atoms with E-state index in [1.54, 1.807) is 14.2 Å². The summed E-state index contributed by atoms with van der Waals surface area (Å²) in [5.74, 6) is 2.75. The Morgan fingerprint density at radius 2 is 1.84 bits per heavy atom. The van der Waals surface area contributed by atoms with Crippen LogP contribution in [0.3, 0.4) is 0 Å². The lowest BCUT2D eigenvalue weighted by Crippen LogP contribution is -2.33. The van der Waals surface area contributed by atoms with Crippen LogP contribution in [-0.2, 0) is 4.79 Å². The van der Waals surface area contributed by atoms with Crippen molar-refractivity contribution < 1.29 is 14.3 Å². The molecule has 0 fully saturated rings. The molecule has 0 saturated carbocycles. The molecule has 3 aromatic rings. The molecule has 0 saturated heterocycles. The van der Waals surface area contributed by atoms with E-state index in [9.17, 15) is 4.79 Å². The third-order valence-corrected chi connectivity index (χ3v) is 6.38. The van der Waals surface area contributed by atoms with Gasteiger partial charge in [-0.05, 0) is 37.0 Å². The maximum absolute atomic E-state index is 13.3. The first kappa shape index (κ1) is 20.4. The number of ketones is 1. The molecule has 2 heterocycles. The van der Waals surface area contributed by atoms with Gasteiger partial charge in [-0.1, -0.05) is 37.3 Å². The van der Waals surface area contributed by atoms with E-state index in [1.165, 1.54) is 0 Å². The largest absolute Gasteiger partial charge is 0.497 e. The molecular formula is C26H27N3O3. The number of Topliss-reactive ketones (excluding diaryl/α,β-unsaturated/α-hetero) is 1. The number of aromatic nitrogens is 2. The van der Waals surface area contributed by atoms with Crippen LogP contribution in [0, 0.1) is 12.8 Å². The van der Waals surface area contributed by atoms with Crippen LogP contribution >= 0.6 is 0 Å². The van der Waals surface area contributed by atoms with Crippen LogP contribution < -0.4 is 14.8 Å². The fourth-order valence-corrected chi connectivity index (χ4v) is 4.96. The molecule has 5 rings (SSSR count). The molecule has 2 aliphatic rings. The van der Waals surface area contributed by atoms with Gasteiger partial charge in [0.15, 0.2) is 5.78 Å². The average Bonchev–Trinajstić information content (AvgIpc) is 3.13. The monoisotopic (exact) mass is 429 g/mol. The van der Waals surface area contributed by atoms with Crippen molar-refractivity contribution in [2.75, 3.05) is 19.5 Å². The topological polar surface area (TPSA) is 65.4 Å². The quantitative estimate of drug-likeness (QED) is 0.622. The number of carbonyl (C=O) groups is 1. The van der Waals surface area contributed by atoms with Crippen molar-refractivity contribution in [1.29, 1.82) is 0 Å². The Balaban J connectivity index is 1.77. The SMILES string of the molecule is COc1ccc([C@H]2C3=C(C[C@@H](C)CC3=O)Nc3c(-c4ccccc4)c(C)nn32)c(OC)c1. The number of hydrogen-bond acceptors (Lipinski definition) is 5. The third kappa shape index (κ3) is 3.18. The maximum Gasteiger partial charge on any atom is 0.163 e. The van der Waals surface area contributed by atoms with Crippen LogP contribution in [0.2, 0.25) is 0 Å². The van der Waals surface area contributed by atoms with Gasteiger partial charge in [0.25, 0.3) is 0 Å². The number of allylic oxidation sites excluding steroid dienone is 2. The minimum atomic E-state index is -0.363. The smallest absolute Gasteiger partial charge is 0.163 e. The molecule has 164 valence electrons. The van der Waals surface area contributed by atoms with Gasteiger partial charge in [-0.3, -0.25) is 4.79 Å². The van der Waals surface area contributed by atoms with Gasteiger partial charge in [0.05, 0.1) is 19.9 Å². The third-order valence-electron chi connectivity index (χ3n) is 6.38. The van der Waals surface area contributed by atoms with Crippen LogP contribution in [-0.4, -0.2) is 29.8 Å². The van der Waals surface area contributed by atoms with Crippen molar-refractivity contribution in [3.63, 3.8) is 0 Å². The second-order valence-corrected chi connectivity index (χ2v) is 8.58. The number of methoxy groups -OCH3 is 2. The van der Waals surface area contributed by atoms with E-state index < -0.39 is 0 Å². The van der Waals surface area contributed by atoms with E-state index in [1.807, 2.05) is 48.0 Å². The molecule has 0 bridgehead atoms. The summed E-state index contributed by atoms with van der Waals surface area (Å²) in [6.07, 6.45) is 1.37. The number of rotatable bonds is 4. The summed E-state index contributed by atoms with van der Waals surface area (Å²) in [5.41, 5.74) is 5.73. The molecule has 6 heteroatoms. The van der Waals surface area contributed by atoms with E-state index in [4.69, 9.17) is 14.6 Å². The van der Waals surface area contributed by atoms with Crippen LogP contribution in [0.4, 0.5) is 5.82 Å². The van der Waals surface area contributed by atoms with Gasteiger partial charge < -0.3 is 14.8 Å². The Morgan fingerprint density at radius 3 is 2.56 bits per heavy atom. The molecule has 1 aromatic heterocycles. The van der Waals surface area contributed by atoms with Crippen LogP contribution in [0.5, 0.6) is 11.5 Å². The molecule has 1 aliphatic carbocycles. The highest BCUT2D eigenvalue weighted by Gasteiger charge is 2.40. The first-order valence-electron chi connectivity index (χ1n) is 10.9. The molecule has 0 spiro atoms. The number of nitrogens with zero attached hydrogens (tertiary/aromatic N) is 2. The molecule has 2 aromatic carbocycles. The summed E-state index contributed by atoms with van der Waals surface area (Å²) in [4.78, 5) is 13.3. The summed E-state index contributed by atoms with van der Waals surface area (Å²) in [6.45, 7) is 4.14. The Hall–Kier alpha value is -3.54. The normalized spacial score (nSPS) is 19.8. The second kappa shape index (κ2) is 7.86. The molecule has 32 heavy (non-hydrogen) atoms. The van der Waals surface area contributed by atoms with Gasteiger partial charge in [0, 0.05) is 34.9 Å². The zero-order chi connectivity index (χ0) is 22.4. The highest BCUT2D eigenvalue weighted by Crippen LogP contribution is 2.47. The summed E-state index contributed by atoms with van der Waals surface area (Å²) < 4.78 is 13.1. The molecule has 1 aliphatic heterocycles. The molecule has 0 unspecified atom stereocenters. The standard InChI is InChI=1S/C26H27N3O3/c1-15-12-20-24(21(30)13-15)25(19-11-10-18(31-3)14-22(19)32-4)29-26(27-20)23(16(2)28-29)17-8-6-5-7-9-17/h5-11,14-15,25,27H,12-13H2,1-4H3/t15-,25+/m1/s1. The molecular weight excluding hydrogens is 402 g/mol. The molecule has 0 radical (unpaired) electrons. The van der Waals surface area contributed by atoms with E-state index >= 15 is 0 Å². The van der Waals surface area contributed by atoms with Crippen LogP contribution in [0.25, 0.3) is 11.1 Å². The van der Waals surface area contributed by atoms with Gasteiger partial charge in [-0.25, -0.2) is 4.68 Å². The number of anilines is 1. The highest BCUT2D eigenvalue weighted by molar-refractivity contribution is 6.00. The zero-order valence-corrected chi connectivity index (χ0v) is 18.8. The van der Waals surface area contributed by atoms with Crippen molar-refractivity contribution in [3.8, 4) is 22.6 Å². The predicted molar refractivity (Wildman–Crippen MR) is 124 cm³/mol. The van der Waals surface area contributed by atoms with Gasteiger partial charge >= 0.3 is 0 Å². The van der Waals surface area contributed by atoms with E-state index in [2.05, 4.69) is 24.4 Å². The van der Waals surface area contributed by atoms with Gasteiger partial charge in [0.1, 0.15) is 23.4 Å². The number of hydrogen-bond donors (Lipinski definition) is 1. The van der Waals surface area contributed by atoms with Gasteiger partial charge in [-0.15, -0.1) is 0 Å². The number of benzene rings is 2. The maximum atomic E-state index is 13.3. The fourth-order valence-electron chi connectivity index (χ4n) is 4.96. The van der Waals surface area contributed by atoms with Crippen LogP contribution in [0.1, 0.15) is 37.1 Å². The Labute approximate surface area is 187 Å². The minimum Gasteiger partial charge on any atom is -0.497 e. The highest BCUT2D eigenvalue weighted by atomic mass is 16.5. The summed E-state index contributed by atoms with van der Waals surface area (Å²) in [7, 11) is 3.27. The molecule has 0 amide bonds. The molecule has 6 nitrogen and oxygen atoms in total. The van der Waals surface area contributed by atoms with E-state index in [0.717, 1.165) is 45.9 Å². The summed E-state index contributed by atoms with van der Waals surface area (Å²) >= 11 is 0. The first-order chi connectivity index (χ1) is 15.5. The van der Waals surface area contributed by atoms with Crippen LogP contribution in [0.15, 0.2) is 59.8 Å². The first-order valence-corrected chi connectivity index (χ1v) is 10.9. The van der Waals surface area contributed by atoms with E-state index in [0.29, 0.717) is 23.8 Å². The second-order valence-electron chi connectivity index (χ2n) is 8.58. The van der Waals surface area contributed by atoms with Crippen molar-refractivity contribution in [1.82, 2.24) is 9.78 Å². The molecule has 2 atom stereocenters. The number of ether oxygens (including phenoxy) is 2. The Kier molecular flexibility index (Phi) is 5.00. The lowest BCUT2D eigenvalue weighted by molar-refractivity contribution is -0.117.